The van der Waals surface area contributed by atoms with E-state index in [0.29, 0.717) is 6.42 Å². The van der Waals surface area contributed by atoms with Gasteiger partial charge in [-0.1, -0.05) is 24.3 Å². The second kappa shape index (κ2) is 7.17. The molecule has 0 aromatic heterocycles. The molecule has 0 bridgehead atoms. The number of rotatable bonds is 6. The lowest BCUT2D eigenvalue weighted by Gasteiger charge is -2.23. The number of ether oxygens (including phenoxy) is 2. The van der Waals surface area contributed by atoms with Gasteiger partial charge in [0, 0.05) is 6.42 Å². The van der Waals surface area contributed by atoms with Gasteiger partial charge in [-0.05, 0) is 24.0 Å². The molecule has 0 saturated carbocycles. The third-order valence-electron chi connectivity index (χ3n) is 3.01. The minimum atomic E-state index is -3.35. The molecule has 1 saturated heterocycles. The van der Waals surface area contributed by atoms with E-state index in [1.165, 1.54) is 0 Å². The van der Waals surface area contributed by atoms with Gasteiger partial charge < -0.3 is 9.47 Å². The lowest BCUT2D eigenvalue weighted by atomic mass is 10.1. The topological polar surface area (TPSA) is 61.8 Å². The van der Waals surface area contributed by atoms with E-state index in [-0.39, 0.29) is 12.9 Å². The highest BCUT2D eigenvalue weighted by molar-refractivity contribution is 7.85. The molecule has 1 aromatic carbocycles. The third kappa shape index (κ3) is 5.58. The van der Waals surface area contributed by atoms with Gasteiger partial charge in [0.1, 0.15) is 0 Å². The summed E-state index contributed by atoms with van der Waals surface area (Å²) >= 11 is 0. The summed E-state index contributed by atoms with van der Waals surface area (Å²) in [6.07, 6.45) is 3.17. The summed E-state index contributed by atoms with van der Waals surface area (Å²) < 4.78 is 37.4. The first-order valence-corrected chi connectivity index (χ1v) is 8.50. The van der Waals surface area contributed by atoms with Crippen molar-refractivity contribution < 1.29 is 22.1 Å². The van der Waals surface area contributed by atoms with E-state index in [1.54, 1.807) is 0 Å². The van der Waals surface area contributed by atoms with Crippen LogP contribution in [0.5, 0.6) is 0 Å². The average molecular weight is 300 g/mol. The van der Waals surface area contributed by atoms with E-state index < -0.39 is 10.1 Å². The normalized spacial score (nSPS) is 17.2. The molecule has 5 nitrogen and oxygen atoms in total. The molecule has 1 heterocycles. The SMILES string of the molecule is CS(=O)(=O)OCCc1ccc(CC2OCCCO2)cc1. The van der Waals surface area contributed by atoms with Crippen molar-refractivity contribution in [2.24, 2.45) is 0 Å². The van der Waals surface area contributed by atoms with Crippen LogP contribution in [-0.2, 0) is 36.6 Å². The molecule has 0 atom stereocenters. The Morgan fingerprint density at radius 1 is 1.15 bits per heavy atom. The Balaban J connectivity index is 1.80. The summed E-state index contributed by atoms with van der Waals surface area (Å²) in [5.41, 5.74) is 2.19. The predicted molar refractivity (Wildman–Crippen MR) is 75.0 cm³/mol. The molecule has 0 aliphatic carbocycles. The Hall–Kier alpha value is -0.950. The van der Waals surface area contributed by atoms with Crippen LogP contribution in [-0.4, -0.2) is 40.8 Å². The van der Waals surface area contributed by atoms with Crippen LogP contribution in [0.15, 0.2) is 24.3 Å². The Bertz CT molecular complexity index is 503. The minimum absolute atomic E-state index is 0.150. The standard InChI is InChI=1S/C14H20O5S/c1-20(15,16)19-10-7-12-3-5-13(6-4-12)11-14-17-8-2-9-18-14/h3-6,14H,2,7-11H2,1H3. The van der Waals surface area contributed by atoms with Crippen LogP contribution in [0.3, 0.4) is 0 Å². The second-order valence-corrected chi connectivity index (χ2v) is 6.47. The first-order valence-electron chi connectivity index (χ1n) is 6.68. The van der Waals surface area contributed by atoms with Gasteiger partial charge in [-0.25, -0.2) is 0 Å². The first-order chi connectivity index (χ1) is 9.53. The summed E-state index contributed by atoms with van der Waals surface area (Å²) in [6, 6.07) is 7.97. The summed E-state index contributed by atoms with van der Waals surface area (Å²) in [5.74, 6) is 0. The van der Waals surface area contributed by atoms with E-state index in [1.807, 2.05) is 24.3 Å². The molecule has 0 unspecified atom stereocenters. The Labute approximate surface area is 120 Å². The Kier molecular flexibility index (Phi) is 5.54. The van der Waals surface area contributed by atoms with Crippen molar-refractivity contribution in [2.75, 3.05) is 26.1 Å². The number of hydrogen-bond acceptors (Lipinski definition) is 5. The van der Waals surface area contributed by atoms with Gasteiger partial charge >= 0.3 is 0 Å². The summed E-state index contributed by atoms with van der Waals surface area (Å²) in [4.78, 5) is 0. The van der Waals surface area contributed by atoms with Crippen molar-refractivity contribution in [1.29, 1.82) is 0 Å². The molecule has 1 aliphatic heterocycles. The van der Waals surface area contributed by atoms with Crippen LogP contribution in [0, 0.1) is 0 Å². The van der Waals surface area contributed by atoms with E-state index >= 15 is 0 Å². The van der Waals surface area contributed by atoms with Crippen LogP contribution >= 0.6 is 0 Å². The zero-order chi connectivity index (χ0) is 14.4. The fourth-order valence-electron chi connectivity index (χ4n) is 2.00. The smallest absolute Gasteiger partial charge is 0.264 e. The van der Waals surface area contributed by atoms with Crippen molar-refractivity contribution in [3.63, 3.8) is 0 Å². The van der Waals surface area contributed by atoms with Crippen molar-refractivity contribution in [2.45, 2.75) is 25.6 Å². The highest BCUT2D eigenvalue weighted by Crippen LogP contribution is 2.13. The second-order valence-electron chi connectivity index (χ2n) is 4.82. The first kappa shape index (κ1) is 15.4. The molecule has 0 N–H and O–H groups in total. The molecule has 0 spiro atoms. The van der Waals surface area contributed by atoms with Crippen LogP contribution in [0.4, 0.5) is 0 Å². The van der Waals surface area contributed by atoms with Gasteiger partial charge in [0.25, 0.3) is 10.1 Å². The maximum Gasteiger partial charge on any atom is 0.264 e. The fourth-order valence-corrected chi connectivity index (χ4v) is 2.39. The fraction of sp³-hybridized carbons (Fsp3) is 0.571. The van der Waals surface area contributed by atoms with Gasteiger partial charge in [0.15, 0.2) is 6.29 Å². The van der Waals surface area contributed by atoms with Crippen LogP contribution in [0.2, 0.25) is 0 Å². The summed E-state index contributed by atoms with van der Waals surface area (Å²) in [6.45, 7) is 1.68. The number of benzene rings is 1. The average Bonchev–Trinajstić information content (AvgIpc) is 2.41. The molecule has 0 amide bonds. The quantitative estimate of drug-likeness (QED) is 0.745. The monoisotopic (exact) mass is 300 g/mol. The predicted octanol–water partition coefficient (Wildman–Crippen LogP) is 1.51. The van der Waals surface area contributed by atoms with Gasteiger partial charge in [-0.15, -0.1) is 0 Å². The lowest BCUT2D eigenvalue weighted by Crippen LogP contribution is -2.26. The van der Waals surface area contributed by atoms with Gasteiger partial charge in [-0.2, -0.15) is 8.42 Å². The zero-order valence-electron chi connectivity index (χ0n) is 11.6. The van der Waals surface area contributed by atoms with Crippen molar-refractivity contribution >= 4 is 10.1 Å². The largest absolute Gasteiger partial charge is 0.352 e. The van der Waals surface area contributed by atoms with Gasteiger partial charge in [-0.3, -0.25) is 4.18 Å². The molecule has 1 aliphatic rings. The van der Waals surface area contributed by atoms with Gasteiger partial charge in [0.05, 0.1) is 26.1 Å². The van der Waals surface area contributed by atoms with Crippen molar-refractivity contribution in [3.05, 3.63) is 35.4 Å². The van der Waals surface area contributed by atoms with Crippen LogP contribution in [0.25, 0.3) is 0 Å². The van der Waals surface area contributed by atoms with E-state index in [4.69, 9.17) is 13.7 Å². The number of hydrogen-bond donors (Lipinski definition) is 0. The molecule has 1 fully saturated rings. The third-order valence-corrected chi connectivity index (χ3v) is 3.60. The maximum absolute atomic E-state index is 10.8. The lowest BCUT2D eigenvalue weighted by molar-refractivity contribution is -0.176. The van der Waals surface area contributed by atoms with E-state index in [2.05, 4.69) is 0 Å². The Morgan fingerprint density at radius 3 is 2.35 bits per heavy atom. The molecule has 112 valence electrons. The highest BCUT2D eigenvalue weighted by Gasteiger charge is 2.14. The van der Waals surface area contributed by atoms with Crippen molar-refractivity contribution in [1.82, 2.24) is 0 Å². The van der Waals surface area contributed by atoms with Crippen molar-refractivity contribution in [3.8, 4) is 0 Å². The maximum atomic E-state index is 10.8. The molecule has 2 rings (SSSR count). The molecule has 6 heteroatoms. The Morgan fingerprint density at radius 2 is 1.75 bits per heavy atom. The minimum Gasteiger partial charge on any atom is -0.352 e. The molecular weight excluding hydrogens is 280 g/mol. The molecule has 0 radical (unpaired) electrons. The molecule has 1 aromatic rings. The summed E-state index contributed by atoms with van der Waals surface area (Å²) in [7, 11) is -3.35. The zero-order valence-corrected chi connectivity index (χ0v) is 12.4. The van der Waals surface area contributed by atoms with Gasteiger partial charge in [0.2, 0.25) is 0 Å². The van der Waals surface area contributed by atoms with E-state index in [9.17, 15) is 8.42 Å². The molecule has 20 heavy (non-hydrogen) atoms. The summed E-state index contributed by atoms with van der Waals surface area (Å²) in [5, 5.41) is 0. The van der Waals surface area contributed by atoms with E-state index in [0.717, 1.165) is 43.4 Å². The van der Waals surface area contributed by atoms with Crippen LogP contribution < -0.4 is 0 Å². The van der Waals surface area contributed by atoms with Crippen LogP contribution in [0.1, 0.15) is 17.5 Å². The molecular formula is C14H20O5S. The highest BCUT2D eigenvalue weighted by atomic mass is 32.2.